The van der Waals surface area contributed by atoms with Crippen LogP contribution >= 0.6 is 11.6 Å². The lowest BCUT2D eigenvalue weighted by Gasteiger charge is -2.34. The number of alkyl halides is 1. The minimum Gasteiger partial charge on any atom is -0.338 e. The average Bonchev–Trinajstić information content (AvgIpc) is 2.91. The number of nitrogens with zero attached hydrogens (tertiary/aromatic N) is 3. The third-order valence-electron chi connectivity index (χ3n) is 4.80. The lowest BCUT2D eigenvalue weighted by molar-refractivity contribution is -0.129. The number of rotatable bonds is 4. The first kappa shape index (κ1) is 19.4. The van der Waals surface area contributed by atoms with Crippen LogP contribution < -0.4 is 0 Å². The Bertz CT molecular complexity index is 800. The van der Waals surface area contributed by atoms with Gasteiger partial charge in [-0.05, 0) is 24.1 Å². The van der Waals surface area contributed by atoms with Crippen molar-refractivity contribution in [2.24, 2.45) is 5.92 Å². The number of hydrogen-bond acceptors (Lipinski definition) is 4. The summed E-state index contributed by atoms with van der Waals surface area (Å²) in [5.74, 6) is -0.914. The van der Waals surface area contributed by atoms with Crippen molar-refractivity contribution in [3.05, 3.63) is 34.9 Å². The van der Waals surface area contributed by atoms with E-state index >= 15 is 0 Å². The summed E-state index contributed by atoms with van der Waals surface area (Å²) >= 11 is 5.57. The Kier molecular flexibility index (Phi) is 5.51. The zero-order chi connectivity index (χ0) is 19.7. The first-order valence-corrected chi connectivity index (χ1v) is 9.50. The molecular weight excluding hydrogens is 370 g/mol. The van der Waals surface area contributed by atoms with Crippen molar-refractivity contribution in [2.45, 2.75) is 13.8 Å². The fraction of sp³-hybridized carbons (Fsp3) is 0.474. The number of amides is 4. The quantitative estimate of drug-likeness (QED) is 0.575. The number of halogens is 1. The van der Waals surface area contributed by atoms with Crippen molar-refractivity contribution >= 4 is 35.2 Å². The normalized spacial score (nSPS) is 17.0. The molecule has 8 heteroatoms. The molecule has 1 fully saturated rings. The van der Waals surface area contributed by atoms with E-state index in [0.717, 1.165) is 0 Å². The van der Waals surface area contributed by atoms with Gasteiger partial charge in [0.15, 0.2) is 0 Å². The molecule has 2 aliphatic heterocycles. The lowest BCUT2D eigenvalue weighted by Crippen LogP contribution is -2.51. The number of piperazine rings is 1. The maximum Gasteiger partial charge on any atom is 0.261 e. The van der Waals surface area contributed by atoms with Gasteiger partial charge < -0.3 is 9.80 Å². The molecule has 2 heterocycles. The van der Waals surface area contributed by atoms with Crippen molar-refractivity contribution in [3.8, 4) is 0 Å². The van der Waals surface area contributed by atoms with Gasteiger partial charge in [0, 0.05) is 38.3 Å². The van der Waals surface area contributed by atoms with Gasteiger partial charge in [0.05, 0.1) is 11.1 Å². The Hall–Kier alpha value is -2.41. The summed E-state index contributed by atoms with van der Waals surface area (Å²) in [6.07, 6.45) is 0. The van der Waals surface area contributed by atoms with Gasteiger partial charge in [-0.25, -0.2) is 0 Å². The summed E-state index contributed by atoms with van der Waals surface area (Å²) in [6, 6.07) is 4.65. The Morgan fingerprint density at radius 2 is 1.59 bits per heavy atom. The molecule has 7 nitrogen and oxygen atoms in total. The van der Waals surface area contributed by atoms with E-state index in [1.807, 2.05) is 13.8 Å². The van der Waals surface area contributed by atoms with Gasteiger partial charge in [0.25, 0.3) is 17.7 Å². The van der Waals surface area contributed by atoms with E-state index in [-0.39, 0.29) is 41.0 Å². The van der Waals surface area contributed by atoms with Gasteiger partial charge in [0.2, 0.25) is 5.91 Å². The molecule has 1 saturated heterocycles. The molecule has 144 valence electrons. The number of carbonyl (C=O) groups is 4. The van der Waals surface area contributed by atoms with Gasteiger partial charge in [0.1, 0.15) is 5.88 Å². The van der Waals surface area contributed by atoms with E-state index in [1.54, 1.807) is 21.9 Å². The van der Waals surface area contributed by atoms with Crippen LogP contribution in [0.25, 0.3) is 0 Å². The molecule has 4 amide bonds. The van der Waals surface area contributed by atoms with Crippen LogP contribution in [0.5, 0.6) is 0 Å². The molecule has 0 radical (unpaired) electrons. The highest BCUT2D eigenvalue weighted by Gasteiger charge is 2.36. The zero-order valence-electron chi connectivity index (χ0n) is 15.4. The average molecular weight is 392 g/mol. The summed E-state index contributed by atoms with van der Waals surface area (Å²) < 4.78 is 0. The number of fused-ring (bicyclic) bond motifs is 1. The van der Waals surface area contributed by atoms with E-state index in [4.69, 9.17) is 11.6 Å². The van der Waals surface area contributed by atoms with E-state index in [9.17, 15) is 19.2 Å². The van der Waals surface area contributed by atoms with Gasteiger partial charge in [-0.2, -0.15) is 0 Å². The summed E-state index contributed by atoms with van der Waals surface area (Å²) in [6.45, 7) is 5.91. The first-order valence-electron chi connectivity index (χ1n) is 8.96. The van der Waals surface area contributed by atoms with Crippen LogP contribution in [0.3, 0.4) is 0 Å². The van der Waals surface area contributed by atoms with Crippen molar-refractivity contribution in [1.29, 1.82) is 0 Å². The van der Waals surface area contributed by atoms with Crippen molar-refractivity contribution in [3.63, 3.8) is 0 Å². The second kappa shape index (κ2) is 7.68. The smallest absolute Gasteiger partial charge is 0.261 e. The molecule has 27 heavy (non-hydrogen) atoms. The summed E-state index contributed by atoms with van der Waals surface area (Å²) in [7, 11) is 0. The number of carbonyl (C=O) groups excluding carboxylic acids is 4. The van der Waals surface area contributed by atoms with Gasteiger partial charge in [-0.1, -0.05) is 13.8 Å². The largest absolute Gasteiger partial charge is 0.338 e. The SMILES string of the molecule is CC(C)CN1C(=O)c2ccc(C(=O)N3CCN(C(=O)CCl)CC3)cc2C1=O. The monoisotopic (exact) mass is 391 g/mol. The highest BCUT2D eigenvalue weighted by atomic mass is 35.5. The van der Waals surface area contributed by atoms with Crippen LogP contribution in [0.1, 0.15) is 44.9 Å². The van der Waals surface area contributed by atoms with E-state index in [1.165, 1.54) is 11.0 Å². The Labute approximate surface area is 162 Å². The molecule has 0 saturated carbocycles. The van der Waals surface area contributed by atoms with E-state index < -0.39 is 0 Å². The molecule has 0 spiro atoms. The zero-order valence-corrected chi connectivity index (χ0v) is 16.2. The molecular formula is C19H22ClN3O4. The standard InChI is InChI=1S/C19H22ClN3O4/c1-12(2)11-23-18(26)14-4-3-13(9-15(14)19(23)27)17(25)22-7-5-21(6-8-22)16(24)10-20/h3-4,9,12H,5-8,10-11H2,1-2H3. The fourth-order valence-corrected chi connectivity index (χ4v) is 3.55. The predicted molar refractivity (Wildman–Crippen MR) is 99.9 cm³/mol. The van der Waals surface area contributed by atoms with Crippen LogP contribution in [0.2, 0.25) is 0 Å². The van der Waals surface area contributed by atoms with Gasteiger partial charge >= 0.3 is 0 Å². The number of benzene rings is 1. The molecule has 0 unspecified atom stereocenters. The molecule has 0 atom stereocenters. The minimum atomic E-state index is -0.351. The summed E-state index contributed by atoms with van der Waals surface area (Å²) in [4.78, 5) is 53.9. The third-order valence-corrected chi connectivity index (χ3v) is 5.03. The van der Waals surface area contributed by atoms with Crippen molar-refractivity contribution in [2.75, 3.05) is 38.6 Å². The maximum atomic E-state index is 12.8. The molecule has 0 bridgehead atoms. The maximum absolute atomic E-state index is 12.8. The molecule has 0 aromatic heterocycles. The third kappa shape index (κ3) is 3.69. The summed E-state index contributed by atoms with van der Waals surface area (Å²) in [5.41, 5.74) is 0.996. The van der Waals surface area contributed by atoms with Crippen LogP contribution in [-0.4, -0.2) is 76.9 Å². The second-order valence-corrected chi connectivity index (χ2v) is 7.45. The minimum absolute atomic E-state index is 0.0677. The van der Waals surface area contributed by atoms with Crippen LogP contribution in [0.15, 0.2) is 18.2 Å². The fourth-order valence-electron chi connectivity index (χ4n) is 3.38. The van der Waals surface area contributed by atoms with Crippen molar-refractivity contribution in [1.82, 2.24) is 14.7 Å². The first-order chi connectivity index (χ1) is 12.8. The molecule has 1 aromatic rings. The Morgan fingerprint density at radius 3 is 2.19 bits per heavy atom. The summed E-state index contributed by atoms with van der Waals surface area (Å²) in [5, 5.41) is 0. The molecule has 0 N–H and O–H groups in total. The van der Waals surface area contributed by atoms with Crippen LogP contribution in [-0.2, 0) is 4.79 Å². The topological polar surface area (TPSA) is 78.0 Å². The number of hydrogen-bond donors (Lipinski definition) is 0. The van der Waals surface area contributed by atoms with Crippen molar-refractivity contribution < 1.29 is 19.2 Å². The van der Waals surface area contributed by atoms with E-state index in [0.29, 0.717) is 43.9 Å². The predicted octanol–water partition coefficient (Wildman–Crippen LogP) is 1.46. The van der Waals surface area contributed by atoms with Gasteiger partial charge in [-0.15, -0.1) is 11.6 Å². The Balaban J connectivity index is 1.74. The molecule has 3 rings (SSSR count). The van der Waals surface area contributed by atoms with E-state index in [2.05, 4.69) is 0 Å². The number of imide groups is 1. The van der Waals surface area contributed by atoms with Crippen LogP contribution in [0, 0.1) is 5.92 Å². The molecule has 0 aliphatic carbocycles. The van der Waals surface area contributed by atoms with Gasteiger partial charge in [-0.3, -0.25) is 24.1 Å². The second-order valence-electron chi connectivity index (χ2n) is 7.18. The Morgan fingerprint density at radius 1 is 1.00 bits per heavy atom. The highest BCUT2D eigenvalue weighted by Crippen LogP contribution is 2.25. The highest BCUT2D eigenvalue weighted by molar-refractivity contribution is 6.27. The van der Waals surface area contributed by atoms with Crippen LogP contribution in [0.4, 0.5) is 0 Å². The molecule has 2 aliphatic rings. The molecule has 1 aromatic carbocycles. The lowest BCUT2D eigenvalue weighted by atomic mass is 10.0.